The highest BCUT2D eigenvalue weighted by Gasteiger charge is 2.10. The third-order valence-electron chi connectivity index (χ3n) is 2.01. The molecule has 0 unspecified atom stereocenters. The van der Waals surface area contributed by atoms with Gasteiger partial charge in [0.2, 0.25) is 0 Å². The Labute approximate surface area is 78.1 Å². The second kappa shape index (κ2) is 6.47. The third-order valence-corrected chi connectivity index (χ3v) is 2.01. The molecular formula is C11H25N. The Kier molecular flexibility index (Phi) is 6.45. The van der Waals surface area contributed by atoms with Crippen LogP contribution in [-0.4, -0.2) is 25.0 Å². The molecular weight excluding hydrogens is 146 g/mol. The van der Waals surface area contributed by atoms with E-state index in [-0.39, 0.29) is 0 Å². The van der Waals surface area contributed by atoms with Gasteiger partial charge in [-0.1, -0.05) is 27.7 Å². The first-order chi connectivity index (χ1) is 5.52. The van der Waals surface area contributed by atoms with Crippen LogP contribution in [0.2, 0.25) is 0 Å². The number of piperidine rings is 1. The number of rotatable bonds is 0. The SMILES string of the molecule is CC(C)C.CC1CCN(C)CC1. The van der Waals surface area contributed by atoms with Gasteiger partial charge in [0.1, 0.15) is 0 Å². The monoisotopic (exact) mass is 171 g/mol. The van der Waals surface area contributed by atoms with E-state index in [1.54, 1.807) is 0 Å². The minimum atomic E-state index is 0.833. The number of likely N-dealkylation sites (tertiary alicyclic amines) is 1. The number of nitrogens with zero attached hydrogens (tertiary/aromatic N) is 1. The van der Waals surface area contributed by atoms with Crippen LogP contribution in [0.25, 0.3) is 0 Å². The van der Waals surface area contributed by atoms with Crippen molar-refractivity contribution in [3.05, 3.63) is 0 Å². The van der Waals surface area contributed by atoms with Gasteiger partial charge in [-0.3, -0.25) is 0 Å². The van der Waals surface area contributed by atoms with Gasteiger partial charge in [0.25, 0.3) is 0 Å². The first kappa shape index (κ1) is 12.0. The van der Waals surface area contributed by atoms with Gasteiger partial charge in [0.05, 0.1) is 0 Å². The van der Waals surface area contributed by atoms with E-state index in [0.717, 1.165) is 11.8 Å². The zero-order valence-corrected chi connectivity index (χ0v) is 9.43. The van der Waals surface area contributed by atoms with Gasteiger partial charge in [-0.25, -0.2) is 0 Å². The van der Waals surface area contributed by atoms with Crippen molar-refractivity contribution in [1.82, 2.24) is 4.90 Å². The second-order valence-electron chi connectivity index (χ2n) is 4.72. The van der Waals surface area contributed by atoms with Crippen molar-refractivity contribution in [3.8, 4) is 0 Å². The lowest BCUT2D eigenvalue weighted by molar-refractivity contribution is 0.230. The molecule has 1 aliphatic rings. The van der Waals surface area contributed by atoms with Crippen LogP contribution in [0.1, 0.15) is 40.5 Å². The van der Waals surface area contributed by atoms with Crippen LogP contribution in [0.4, 0.5) is 0 Å². The summed E-state index contributed by atoms with van der Waals surface area (Å²) >= 11 is 0. The van der Waals surface area contributed by atoms with Gasteiger partial charge in [-0.15, -0.1) is 0 Å². The quantitative estimate of drug-likeness (QED) is 0.541. The molecule has 0 amide bonds. The molecule has 74 valence electrons. The average Bonchev–Trinajstić information content (AvgIpc) is 1.94. The first-order valence-corrected chi connectivity index (χ1v) is 5.21. The number of hydrogen-bond acceptors (Lipinski definition) is 1. The fraction of sp³-hybridized carbons (Fsp3) is 1.00. The Bertz CT molecular complexity index is 78.4. The molecule has 1 fully saturated rings. The highest BCUT2D eigenvalue weighted by atomic mass is 15.1. The fourth-order valence-electron chi connectivity index (χ4n) is 1.14. The lowest BCUT2D eigenvalue weighted by Gasteiger charge is -2.26. The van der Waals surface area contributed by atoms with Crippen LogP contribution < -0.4 is 0 Å². The van der Waals surface area contributed by atoms with E-state index in [1.165, 1.54) is 25.9 Å². The first-order valence-electron chi connectivity index (χ1n) is 5.21. The van der Waals surface area contributed by atoms with Crippen molar-refractivity contribution in [2.45, 2.75) is 40.5 Å². The maximum absolute atomic E-state index is 2.40. The topological polar surface area (TPSA) is 3.24 Å². The van der Waals surface area contributed by atoms with Gasteiger partial charge < -0.3 is 4.90 Å². The van der Waals surface area contributed by atoms with Gasteiger partial charge in [0, 0.05) is 0 Å². The van der Waals surface area contributed by atoms with E-state index in [9.17, 15) is 0 Å². The molecule has 0 radical (unpaired) electrons. The summed E-state index contributed by atoms with van der Waals surface area (Å²) in [7, 11) is 2.20. The summed E-state index contributed by atoms with van der Waals surface area (Å²) in [5, 5.41) is 0. The van der Waals surface area contributed by atoms with Crippen molar-refractivity contribution in [2.75, 3.05) is 20.1 Å². The molecule has 0 aromatic heterocycles. The minimum Gasteiger partial charge on any atom is -0.306 e. The smallest absolute Gasteiger partial charge is 0.00192 e. The molecule has 0 atom stereocenters. The predicted octanol–water partition coefficient (Wildman–Crippen LogP) is 3.01. The normalized spacial score (nSPS) is 20.5. The fourth-order valence-corrected chi connectivity index (χ4v) is 1.14. The van der Waals surface area contributed by atoms with E-state index in [0.29, 0.717) is 0 Å². The van der Waals surface area contributed by atoms with E-state index >= 15 is 0 Å². The Morgan fingerprint density at radius 1 is 1.08 bits per heavy atom. The molecule has 1 heterocycles. The molecule has 0 aromatic carbocycles. The molecule has 0 N–H and O–H groups in total. The molecule has 0 bridgehead atoms. The third kappa shape index (κ3) is 8.06. The van der Waals surface area contributed by atoms with Crippen molar-refractivity contribution < 1.29 is 0 Å². The Morgan fingerprint density at radius 2 is 1.42 bits per heavy atom. The van der Waals surface area contributed by atoms with Crippen LogP contribution in [0.3, 0.4) is 0 Å². The van der Waals surface area contributed by atoms with Crippen molar-refractivity contribution >= 4 is 0 Å². The predicted molar refractivity (Wildman–Crippen MR) is 56.4 cm³/mol. The van der Waals surface area contributed by atoms with Gasteiger partial charge in [-0.05, 0) is 44.8 Å². The summed E-state index contributed by atoms with van der Waals surface area (Å²) in [6.45, 7) is 11.5. The van der Waals surface area contributed by atoms with Gasteiger partial charge >= 0.3 is 0 Å². The molecule has 1 nitrogen and oxygen atoms in total. The highest BCUT2D eigenvalue weighted by molar-refractivity contribution is 4.65. The van der Waals surface area contributed by atoms with Crippen molar-refractivity contribution in [3.63, 3.8) is 0 Å². The minimum absolute atomic E-state index is 0.833. The standard InChI is InChI=1S/C7H15N.C4H10/c1-7-3-5-8(2)6-4-7;1-4(2)3/h7H,3-6H2,1-2H3;4H,1-3H3. The summed E-state index contributed by atoms with van der Waals surface area (Å²) < 4.78 is 0. The summed E-state index contributed by atoms with van der Waals surface area (Å²) in [4.78, 5) is 2.40. The second-order valence-corrected chi connectivity index (χ2v) is 4.72. The lowest BCUT2D eigenvalue weighted by Crippen LogP contribution is -2.28. The molecule has 1 aliphatic heterocycles. The zero-order valence-electron chi connectivity index (χ0n) is 9.43. The Morgan fingerprint density at radius 3 is 1.67 bits per heavy atom. The molecule has 0 aromatic rings. The van der Waals surface area contributed by atoms with Gasteiger partial charge in [0.15, 0.2) is 0 Å². The van der Waals surface area contributed by atoms with Gasteiger partial charge in [-0.2, -0.15) is 0 Å². The van der Waals surface area contributed by atoms with E-state index in [1.807, 2.05) is 0 Å². The summed E-state index contributed by atoms with van der Waals surface area (Å²) in [5.74, 6) is 1.81. The average molecular weight is 171 g/mol. The van der Waals surface area contributed by atoms with E-state index < -0.39 is 0 Å². The van der Waals surface area contributed by atoms with Crippen LogP contribution in [0.15, 0.2) is 0 Å². The maximum atomic E-state index is 2.40. The van der Waals surface area contributed by atoms with E-state index in [2.05, 4.69) is 39.6 Å². The summed E-state index contributed by atoms with van der Waals surface area (Å²) in [6.07, 6.45) is 2.80. The van der Waals surface area contributed by atoms with Crippen LogP contribution >= 0.6 is 0 Å². The number of hydrogen-bond donors (Lipinski definition) is 0. The summed E-state index contributed by atoms with van der Waals surface area (Å²) in [5.41, 5.74) is 0. The summed E-state index contributed by atoms with van der Waals surface area (Å²) in [6, 6.07) is 0. The lowest BCUT2D eigenvalue weighted by atomic mass is 10.00. The molecule has 12 heavy (non-hydrogen) atoms. The van der Waals surface area contributed by atoms with Crippen molar-refractivity contribution in [2.24, 2.45) is 11.8 Å². The largest absolute Gasteiger partial charge is 0.306 e. The molecule has 1 saturated heterocycles. The molecule has 1 rings (SSSR count). The van der Waals surface area contributed by atoms with Crippen LogP contribution in [0.5, 0.6) is 0 Å². The molecule has 0 spiro atoms. The molecule has 0 aliphatic carbocycles. The highest BCUT2D eigenvalue weighted by Crippen LogP contribution is 2.13. The van der Waals surface area contributed by atoms with Crippen LogP contribution in [0, 0.1) is 11.8 Å². The zero-order chi connectivity index (χ0) is 9.56. The van der Waals surface area contributed by atoms with Crippen molar-refractivity contribution in [1.29, 1.82) is 0 Å². The maximum Gasteiger partial charge on any atom is -0.00192 e. The molecule has 0 saturated carbocycles. The Balaban J connectivity index is 0.000000261. The Hall–Kier alpha value is -0.0400. The molecule has 1 heteroatoms. The van der Waals surface area contributed by atoms with E-state index in [4.69, 9.17) is 0 Å². The van der Waals surface area contributed by atoms with Crippen LogP contribution in [-0.2, 0) is 0 Å².